The minimum atomic E-state index is -1.69. The van der Waals surface area contributed by atoms with Crippen LogP contribution in [0.3, 0.4) is 0 Å². The number of pyridine rings is 1. The number of amides is 5. The van der Waals surface area contributed by atoms with Crippen molar-refractivity contribution in [3.8, 4) is 5.75 Å². The summed E-state index contributed by atoms with van der Waals surface area (Å²) in [5, 5.41) is 16.7. The van der Waals surface area contributed by atoms with Crippen LogP contribution < -0.4 is 20.7 Å². The average molecular weight is 479 g/mol. The largest absolute Gasteiger partial charge is 0.497 e. The molecule has 1 saturated heterocycles. The molecular weight excluding hydrogens is 458 g/mol. The lowest BCUT2D eigenvalue weighted by atomic mass is 9.95. The molecule has 12 nitrogen and oxygen atoms in total. The number of anilines is 1. The summed E-state index contributed by atoms with van der Waals surface area (Å²) in [5.74, 6) is -0.853. The summed E-state index contributed by atoms with van der Waals surface area (Å²) in [6.45, 7) is 1.37. The summed E-state index contributed by atoms with van der Waals surface area (Å²) in [5.41, 5.74) is 0.124. The lowest BCUT2D eigenvalue weighted by Crippen LogP contribution is -2.52. The van der Waals surface area contributed by atoms with Crippen molar-refractivity contribution in [2.45, 2.75) is 25.1 Å². The molecule has 0 spiro atoms. The Hall–Kier alpha value is -4.45. The van der Waals surface area contributed by atoms with Crippen LogP contribution in [0.2, 0.25) is 0 Å². The van der Waals surface area contributed by atoms with Crippen molar-refractivity contribution in [2.75, 3.05) is 19.0 Å². The maximum Gasteiger partial charge on any atom is 0.322 e. The number of methoxy groups -OCH3 is 1. The first-order valence-corrected chi connectivity index (χ1v) is 10.7. The molecule has 0 bridgehead atoms. The van der Waals surface area contributed by atoms with E-state index < -0.39 is 29.5 Å². The van der Waals surface area contributed by atoms with Gasteiger partial charge >= 0.3 is 6.03 Å². The number of urea groups is 1. The standard InChI is InChI=1S/C23H21N5O7/c1-11(29)19(30)25-18-6-5-16-15(24-18)8-17(35-16)23(21(32)26-22(33)27-23)10-28-9-12-3-4-13(34-2)7-14(12)20(28)31/h3-8,11,29H,9-10H2,1-2H3,(H,24,25,30)(H2,26,27,32,33). The van der Waals surface area contributed by atoms with E-state index in [4.69, 9.17) is 9.15 Å². The van der Waals surface area contributed by atoms with Gasteiger partial charge in [-0.2, -0.15) is 0 Å². The van der Waals surface area contributed by atoms with E-state index >= 15 is 0 Å². The summed E-state index contributed by atoms with van der Waals surface area (Å²) in [4.78, 5) is 55.8. The number of hydrogen-bond acceptors (Lipinski definition) is 8. The van der Waals surface area contributed by atoms with Gasteiger partial charge in [-0.25, -0.2) is 9.78 Å². The van der Waals surface area contributed by atoms with Crippen molar-refractivity contribution in [3.63, 3.8) is 0 Å². The van der Waals surface area contributed by atoms with Crippen molar-refractivity contribution >= 4 is 40.7 Å². The quantitative estimate of drug-likeness (QED) is 0.378. The summed E-state index contributed by atoms with van der Waals surface area (Å²) >= 11 is 0. The van der Waals surface area contributed by atoms with Gasteiger partial charge < -0.3 is 29.8 Å². The highest BCUT2D eigenvalue weighted by Crippen LogP contribution is 2.35. The molecule has 3 aromatic rings. The van der Waals surface area contributed by atoms with Crippen molar-refractivity contribution in [1.82, 2.24) is 20.5 Å². The minimum absolute atomic E-state index is 0.0729. The Morgan fingerprint density at radius 1 is 1.29 bits per heavy atom. The number of aliphatic hydroxyl groups excluding tert-OH is 1. The van der Waals surface area contributed by atoms with Crippen LogP contribution in [0.15, 0.2) is 40.8 Å². The zero-order valence-corrected chi connectivity index (χ0v) is 18.7. The molecule has 1 aromatic carbocycles. The van der Waals surface area contributed by atoms with Gasteiger partial charge in [-0.15, -0.1) is 0 Å². The van der Waals surface area contributed by atoms with Gasteiger partial charge in [0.25, 0.3) is 17.7 Å². The Bertz CT molecular complexity index is 1400. The number of furan rings is 1. The average Bonchev–Trinajstić information content (AvgIpc) is 3.47. The van der Waals surface area contributed by atoms with E-state index in [1.807, 2.05) is 0 Å². The molecule has 5 rings (SSSR count). The molecule has 35 heavy (non-hydrogen) atoms. The Morgan fingerprint density at radius 3 is 2.77 bits per heavy atom. The number of ether oxygens (including phenoxy) is 1. The van der Waals surface area contributed by atoms with Crippen LogP contribution in [0.4, 0.5) is 10.6 Å². The first-order valence-electron chi connectivity index (χ1n) is 10.7. The van der Waals surface area contributed by atoms with Gasteiger partial charge in [-0.1, -0.05) is 6.07 Å². The third-order valence-electron chi connectivity index (χ3n) is 5.99. The van der Waals surface area contributed by atoms with Crippen molar-refractivity contribution in [3.05, 3.63) is 53.3 Å². The monoisotopic (exact) mass is 479 g/mol. The Morgan fingerprint density at radius 2 is 2.09 bits per heavy atom. The highest BCUT2D eigenvalue weighted by Gasteiger charge is 2.53. The number of aromatic nitrogens is 1. The Labute approximate surface area is 198 Å². The zero-order chi connectivity index (χ0) is 24.9. The van der Waals surface area contributed by atoms with E-state index in [0.717, 1.165) is 5.56 Å². The van der Waals surface area contributed by atoms with Crippen LogP contribution in [0, 0.1) is 0 Å². The number of aliphatic hydroxyl groups is 1. The lowest BCUT2D eigenvalue weighted by molar-refractivity contribution is -0.125. The smallest absolute Gasteiger partial charge is 0.322 e. The van der Waals surface area contributed by atoms with Crippen LogP contribution in [0.1, 0.15) is 28.6 Å². The number of rotatable bonds is 6. The van der Waals surface area contributed by atoms with Crippen molar-refractivity contribution < 1.29 is 33.4 Å². The molecule has 12 heteroatoms. The van der Waals surface area contributed by atoms with Crippen LogP contribution in [-0.2, 0) is 21.7 Å². The normalized spacial score (nSPS) is 20.0. The van der Waals surface area contributed by atoms with Gasteiger partial charge in [0.2, 0.25) is 0 Å². The number of hydrogen-bond donors (Lipinski definition) is 4. The molecule has 2 atom stereocenters. The fourth-order valence-electron chi connectivity index (χ4n) is 4.17. The van der Waals surface area contributed by atoms with Crippen LogP contribution in [0.25, 0.3) is 11.1 Å². The van der Waals surface area contributed by atoms with Gasteiger partial charge in [0.15, 0.2) is 11.1 Å². The van der Waals surface area contributed by atoms with Crippen LogP contribution in [-0.4, -0.2) is 58.5 Å². The zero-order valence-electron chi connectivity index (χ0n) is 18.7. The van der Waals surface area contributed by atoms with Gasteiger partial charge in [0.05, 0.1) is 13.7 Å². The van der Waals surface area contributed by atoms with Gasteiger partial charge in [0, 0.05) is 18.2 Å². The number of carbonyl (C=O) groups excluding carboxylic acids is 4. The second-order valence-electron chi connectivity index (χ2n) is 8.35. The predicted molar refractivity (Wildman–Crippen MR) is 120 cm³/mol. The number of benzene rings is 1. The third-order valence-corrected chi connectivity index (χ3v) is 5.99. The number of nitrogens with one attached hydrogen (secondary N) is 3. The first kappa shape index (κ1) is 22.3. The molecule has 0 aliphatic carbocycles. The van der Waals surface area contributed by atoms with E-state index in [2.05, 4.69) is 20.9 Å². The fourth-order valence-corrected chi connectivity index (χ4v) is 4.17. The van der Waals surface area contributed by atoms with Crippen LogP contribution in [0.5, 0.6) is 5.75 Å². The van der Waals surface area contributed by atoms with E-state index in [-0.39, 0.29) is 30.6 Å². The Balaban J connectivity index is 1.49. The highest BCUT2D eigenvalue weighted by atomic mass is 16.5. The molecule has 2 aliphatic rings. The molecule has 2 aliphatic heterocycles. The molecule has 4 heterocycles. The van der Waals surface area contributed by atoms with E-state index in [1.54, 1.807) is 18.2 Å². The molecule has 0 saturated carbocycles. The van der Waals surface area contributed by atoms with E-state index in [1.165, 1.54) is 37.1 Å². The number of fused-ring (bicyclic) bond motifs is 2. The van der Waals surface area contributed by atoms with Crippen molar-refractivity contribution in [1.29, 1.82) is 0 Å². The number of nitrogens with zero attached hydrogens (tertiary/aromatic N) is 2. The molecule has 2 unspecified atom stereocenters. The number of carbonyl (C=O) groups is 4. The molecular formula is C23H21N5O7. The van der Waals surface area contributed by atoms with Gasteiger partial charge in [-0.05, 0) is 36.8 Å². The molecule has 4 N–H and O–H groups in total. The maximum absolute atomic E-state index is 13.1. The summed E-state index contributed by atoms with van der Waals surface area (Å²) in [6, 6.07) is 8.91. The second kappa shape index (κ2) is 8.09. The number of imide groups is 1. The maximum atomic E-state index is 13.1. The lowest BCUT2D eigenvalue weighted by Gasteiger charge is -2.28. The SMILES string of the molecule is COc1ccc2c(c1)C(=O)N(CC1(c3cc4nc(NC(=O)C(C)O)ccc4o3)NC(=O)NC1=O)C2. The van der Waals surface area contributed by atoms with E-state index in [9.17, 15) is 24.3 Å². The van der Waals surface area contributed by atoms with Gasteiger partial charge in [0.1, 0.15) is 28.9 Å². The molecule has 180 valence electrons. The second-order valence-corrected chi connectivity index (χ2v) is 8.35. The minimum Gasteiger partial charge on any atom is -0.497 e. The third kappa shape index (κ3) is 3.73. The van der Waals surface area contributed by atoms with Gasteiger partial charge in [-0.3, -0.25) is 19.7 Å². The van der Waals surface area contributed by atoms with Crippen LogP contribution >= 0.6 is 0 Å². The summed E-state index contributed by atoms with van der Waals surface area (Å²) in [7, 11) is 1.50. The first-order chi connectivity index (χ1) is 16.7. The van der Waals surface area contributed by atoms with E-state index in [0.29, 0.717) is 22.4 Å². The summed E-state index contributed by atoms with van der Waals surface area (Å²) < 4.78 is 11.1. The molecule has 1 fully saturated rings. The predicted octanol–water partition coefficient (Wildman–Crippen LogP) is 0.846. The highest BCUT2D eigenvalue weighted by molar-refractivity contribution is 6.08. The fraction of sp³-hybridized carbons (Fsp3) is 0.261. The Kier molecular flexibility index (Phi) is 5.17. The topological polar surface area (TPSA) is 163 Å². The summed E-state index contributed by atoms with van der Waals surface area (Å²) in [6.07, 6.45) is -1.23. The van der Waals surface area contributed by atoms with Crippen molar-refractivity contribution in [2.24, 2.45) is 0 Å². The molecule has 5 amide bonds. The molecule has 2 aromatic heterocycles. The molecule has 0 radical (unpaired) electrons.